The Hall–Kier alpha value is -1.35. The molecular formula is C12H15N3. The van der Waals surface area contributed by atoms with Gasteiger partial charge in [0.2, 0.25) is 0 Å². The summed E-state index contributed by atoms with van der Waals surface area (Å²) < 4.78 is 0. The van der Waals surface area contributed by atoms with Crippen molar-refractivity contribution in [3.8, 4) is 0 Å². The highest BCUT2D eigenvalue weighted by molar-refractivity contribution is 5.78. The summed E-state index contributed by atoms with van der Waals surface area (Å²) in [5.41, 5.74) is 2.51. The lowest BCUT2D eigenvalue weighted by molar-refractivity contribution is 0.412. The largest absolute Gasteiger partial charge is 0.310 e. The third-order valence-corrected chi connectivity index (χ3v) is 3.18. The Labute approximate surface area is 88.9 Å². The molecule has 0 amide bonds. The molecule has 15 heavy (non-hydrogen) atoms. The van der Waals surface area contributed by atoms with E-state index in [0.29, 0.717) is 6.04 Å². The number of piperidine rings is 1. The standard InChI is InChI=1S/C12H15N3/c1-2-6-13-11(3-1)9-4-5-12-10(7-9)8-14-15-12/h4-5,7-8,11,13H,1-3,6H2,(H,14,15)/t11-/m0/s1. The van der Waals surface area contributed by atoms with E-state index in [0.717, 1.165) is 12.1 Å². The zero-order valence-electron chi connectivity index (χ0n) is 8.66. The predicted molar refractivity (Wildman–Crippen MR) is 60.7 cm³/mol. The van der Waals surface area contributed by atoms with E-state index in [1.165, 1.54) is 30.2 Å². The fourth-order valence-electron chi connectivity index (χ4n) is 2.31. The lowest BCUT2D eigenvalue weighted by Crippen LogP contribution is -2.26. The van der Waals surface area contributed by atoms with Crippen LogP contribution >= 0.6 is 0 Å². The fourth-order valence-corrected chi connectivity index (χ4v) is 2.31. The molecule has 0 aliphatic carbocycles. The van der Waals surface area contributed by atoms with Crippen molar-refractivity contribution in [2.45, 2.75) is 25.3 Å². The van der Waals surface area contributed by atoms with Gasteiger partial charge in [0, 0.05) is 11.4 Å². The van der Waals surface area contributed by atoms with Crippen LogP contribution in [0.5, 0.6) is 0 Å². The molecule has 1 saturated heterocycles. The highest BCUT2D eigenvalue weighted by atomic mass is 15.1. The monoisotopic (exact) mass is 201 g/mol. The van der Waals surface area contributed by atoms with E-state index in [1.807, 2.05) is 6.20 Å². The molecule has 1 atom stereocenters. The summed E-state index contributed by atoms with van der Waals surface area (Å²) in [5.74, 6) is 0. The number of nitrogens with zero attached hydrogens (tertiary/aromatic N) is 1. The van der Waals surface area contributed by atoms with Crippen LogP contribution < -0.4 is 5.32 Å². The minimum absolute atomic E-state index is 0.540. The number of hydrogen-bond acceptors (Lipinski definition) is 2. The van der Waals surface area contributed by atoms with Crippen molar-refractivity contribution >= 4 is 10.9 Å². The number of H-pyrrole nitrogens is 1. The molecule has 1 aliphatic rings. The molecule has 0 unspecified atom stereocenters. The van der Waals surface area contributed by atoms with E-state index in [4.69, 9.17) is 0 Å². The topological polar surface area (TPSA) is 40.7 Å². The highest BCUT2D eigenvalue weighted by Gasteiger charge is 2.14. The molecule has 3 rings (SSSR count). The van der Waals surface area contributed by atoms with Crippen LogP contribution in [0, 0.1) is 0 Å². The van der Waals surface area contributed by atoms with Gasteiger partial charge in [-0.15, -0.1) is 0 Å². The summed E-state index contributed by atoms with van der Waals surface area (Å²) in [6.45, 7) is 1.15. The fraction of sp³-hybridized carbons (Fsp3) is 0.417. The van der Waals surface area contributed by atoms with Crippen LogP contribution in [-0.2, 0) is 0 Å². The van der Waals surface area contributed by atoms with Crippen molar-refractivity contribution in [3.05, 3.63) is 30.0 Å². The Morgan fingerprint density at radius 1 is 1.27 bits per heavy atom. The van der Waals surface area contributed by atoms with Gasteiger partial charge in [0.25, 0.3) is 0 Å². The van der Waals surface area contributed by atoms with E-state index < -0.39 is 0 Å². The SMILES string of the molecule is c1cc2[nH]ncc2cc1[C@@H]1CCCCN1. The van der Waals surface area contributed by atoms with Crippen LogP contribution in [0.15, 0.2) is 24.4 Å². The van der Waals surface area contributed by atoms with Crippen molar-refractivity contribution in [3.63, 3.8) is 0 Å². The molecule has 78 valence electrons. The first kappa shape index (κ1) is 8.92. The first-order valence-corrected chi connectivity index (χ1v) is 5.60. The van der Waals surface area contributed by atoms with E-state index in [-0.39, 0.29) is 0 Å². The van der Waals surface area contributed by atoms with Gasteiger partial charge in [-0.3, -0.25) is 5.10 Å². The van der Waals surface area contributed by atoms with E-state index in [2.05, 4.69) is 33.7 Å². The molecule has 1 aliphatic heterocycles. The maximum absolute atomic E-state index is 4.04. The number of hydrogen-bond donors (Lipinski definition) is 2. The Morgan fingerprint density at radius 3 is 3.13 bits per heavy atom. The van der Waals surface area contributed by atoms with E-state index in [9.17, 15) is 0 Å². The maximum atomic E-state index is 4.04. The van der Waals surface area contributed by atoms with Gasteiger partial charge in [-0.2, -0.15) is 5.10 Å². The van der Waals surface area contributed by atoms with Gasteiger partial charge in [0.15, 0.2) is 0 Å². The van der Waals surface area contributed by atoms with Crippen LogP contribution in [0.4, 0.5) is 0 Å². The number of aromatic nitrogens is 2. The first-order chi connectivity index (χ1) is 7.43. The number of benzene rings is 1. The smallest absolute Gasteiger partial charge is 0.0650 e. The molecular weight excluding hydrogens is 186 g/mol. The van der Waals surface area contributed by atoms with Crippen molar-refractivity contribution in [2.24, 2.45) is 0 Å². The van der Waals surface area contributed by atoms with Gasteiger partial charge in [-0.25, -0.2) is 0 Å². The second-order valence-corrected chi connectivity index (χ2v) is 4.22. The van der Waals surface area contributed by atoms with Crippen LogP contribution in [0.2, 0.25) is 0 Å². The summed E-state index contributed by atoms with van der Waals surface area (Å²) >= 11 is 0. The Kier molecular flexibility index (Phi) is 2.18. The van der Waals surface area contributed by atoms with Gasteiger partial charge >= 0.3 is 0 Å². The molecule has 1 fully saturated rings. The van der Waals surface area contributed by atoms with Crippen LogP contribution in [0.1, 0.15) is 30.9 Å². The molecule has 0 saturated carbocycles. The van der Waals surface area contributed by atoms with Crippen molar-refractivity contribution in [2.75, 3.05) is 6.54 Å². The number of fused-ring (bicyclic) bond motifs is 1. The molecule has 3 nitrogen and oxygen atoms in total. The Morgan fingerprint density at radius 2 is 2.27 bits per heavy atom. The molecule has 2 N–H and O–H groups in total. The Balaban J connectivity index is 1.95. The van der Waals surface area contributed by atoms with Crippen LogP contribution in [-0.4, -0.2) is 16.7 Å². The number of rotatable bonds is 1. The van der Waals surface area contributed by atoms with Gasteiger partial charge in [-0.1, -0.05) is 12.5 Å². The molecule has 0 spiro atoms. The quantitative estimate of drug-likeness (QED) is 0.743. The second-order valence-electron chi connectivity index (χ2n) is 4.22. The zero-order chi connectivity index (χ0) is 10.1. The van der Waals surface area contributed by atoms with Crippen molar-refractivity contribution < 1.29 is 0 Å². The van der Waals surface area contributed by atoms with Crippen LogP contribution in [0.25, 0.3) is 10.9 Å². The normalized spacial score (nSPS) is 22.0. The van der Waals surface area contributed by atoms with Gasteiger partial charge in [0.1, 0.15) is 0 Å². The summed E-state index contributed by atoms with van der Waals surface area (Å²) in [4.78, 5) is 0. The highest BCUT2D eigenvalue weighted by Crippen LogP contribution is 2.25. The average molecular weight is 201 g/mol. The molecule has 0 radical (unpaired) electrons. The lowest BCUT2D eigenvalue weighted by atomic mass is 9.97. The number of nitrogens with one attached hydrogen (secondary N) is 2. The van der Waals surface area contributed by atoms with E-state index >= 15 is 0 Å². The lowest BCUT2D eigenvalue weighted by Gasteiger charge is -2.23. The minimum Gasteiger partial charge on any atom is -0.310 e. The molecule has 1 aromatic heterocycles. The predicted octanol–water partition coefficient (Wildman–Crippen LogP) is 2.38. The minimum atomic E-state index is 0.540. The molecule has 0 bridgehead atoms. The molecule has 2 aromatic rings. The third-order valence-electron chi connectivity index (χ3n) is 3.18. The maximum Gasteiger partial charge on any atom is 0.0650 e. The summed E-state index contributed by atoms with van der Waals surface area (Å²) in [6.07, 6.45) is 5.79. The van der Waals surface area contributed by atoms with Gasteiger partial charge in [-0.05, 0) is 37.1 Å². The van der Waals surface area contributed by atoms with Gasteiger partial charge < -0.3 is 5.32 Å². The Bertz CT molecular complexity index is 455. The van der Waals surface area contributed by atoms with Crippen molar-refractivity contribution in [1.82, 2.24) is 15.5 Å². The van der Waals surface area contributed by atoms with Crippen LogP contribution in [0.3, 0.4) is 0 Å². The first-order valence-electron chi connectivity index (χ1n) is 5.60. The summed E-state index contributed by atoms with van der Waals surface area (Å²) in [6, 6.07) is 7.09. The number of aromatic amines is 1. The summed E-state index contributed by atoms with van der Waals surface area (Å²) in [5, 5.41) is 11.8. The third kappa shape index (κ3) is 1.63. The summed E-state index contributed by atoms with van der Waals surface area (Å²) in [7, 11) is 0. The van der Waals surface area contributed by atoms with E-state index in [1.54, 1.807) is 0 Å². The molecule has 1 aromatic carbocycles. The second kappa shape index (κ2) is 3.66. The molecule has 3 heteroatoms. The van der Waals surface area contributed by atoms with Crippen molar-refractivity contribution in [1.29, 1.82) is 0 Å². The average Bonchev–Trinajstić information content (AvgIpc) is 2.77. The zero-order valence-corrected chi connectivity index (χ0v) is 8.66. The van der Waals surface area contributed by atoms with Gasteiger partial charge in [0.05, 0.1) is 11.7 Å². The molecule has 2 heterocycles.